The van der Waals surface area contributed by atoms with Crippen molar-refractivity contribution in [3.8, 4) is 6.07 Å². The fourth-order valence-corrected chi connectivity index (χ4v) is 2.25. The zero-order chi connectivity index (χ0) is 12.3. The normalized spacial score (nSPS) is 17.0. The van der Waals surface area contributed by atoms with E-state index in [4.69, 9.17) is 5.26 Å². The second-order valence-corrected chi connectivity index (χ2v) is 4.88. The summed E-state index contributed by atoms with van der Waals surface area (Å²) >= 11 is 0. The summed E-state index contributed by atoms with van der Waals surface area (Å²) in [6.45, 7) is 2.08. The van der Waals surface area contributed by atoms with Gasteiger partial charge in [-0.1, -0.05) is 19.3 Å². The van der Waals surface area contributed by atoms with Gasteiger partial charge in [-0.3, -0.25) is 0 Å². The molecule has 2 rings (SSSR count). The Kier molecular flexibility index (Phi) is 3.63. The van der Waals surface area contributed by atoms with E-state index >= 15 is 0 Å². The zero-order valence-corrected chi connectivity index (χ0v) is 10.0. The lowest BCUT2D eigenvalue weighted by molar-refractivity contribution is 0.285. The number of nitrogens with one attached hydrogen (secondary N) is 1. The van der Waals surface area contributed by atoms with Crippen LogP contribution in [-0.4, -0.2) is 6.04 Å². The molecule has 1 atom stereocenters. The Hall–Kier alpha value is -1.56. The van der Waals surface area contributed by atoms with Crippen molar-refractivity contribution in [2.75, 3.05) is 5.32 Å². The average molecular weight is 232 g/mol. The summed E-state index contributed by atoms with van der Waals surface area (Å²) in [6.07, 6.45) is 5.05. The third-order valence-corrected chi connectivity index (χ3v) is 3.41. The lowest BCUT2D eigenvalue weighted by atomic mass is 9.81. The molecule has 2 nitrogen and oxygen atoms in total. The number of nitriles is 1. The van der Waals surface area contributed by atoms with Crippen molar-refractivity contribution in [2.45, 2.75) is 38.6 Å². The zero-order valence-electron chi connectivity index (χ0n) is 10.0. The minimum atomic E-state index is -0.343. The third kappa shape index (κ3) is 2.97. The van der Waals surface area contributed by atoms with Crippen LogP contribution < -0.4 is 5.32 Å². The highest BCUT2D eigenvalue weighted by molar-refractivity contribution is 5.49. The van der Waals surface area contributed by atoms with E-state index in [0.29, 0.717) is 11.3 Å². The van der Waals surface area contributed by atoms with Crippen molar-refractivity contribution in [2.24, 2.45) is 5.92 Å². The third-order valence-electron chi connectivity index (χ3n) is 3.41. The van der Waals surface area contributed by atoms with Crippen LogP contribution in [0.4, 0.5) is 10.1 Å². The molecule has 0 aliphatic heterocycles. The molecule has 1 aromatic carbocycles. The van der Waals surface area contributed by atoms with Gasteiger partial charge in [-0.15, -0.1) is 0 Å². The largest absolute Gasteiger partial charge is 0.380 e. The van der Waals surface area contributed by atoms with Crippen molar-refractivity contribution in [1.29, 1.82) is 5.26 Å². The van der Waals surface area contributed by atoms with Crippen LogP contribution in [0.15, 0.2) is 18.2 Å². The van der Waals surface area contributed by atoms with Gasteiger partial charge in [0.2, 0.25) is 0 Å². The van der Waals surface area contributed by atoms with Gasteiger partial charge in [0.25, 0.3) is 0 Å². The van der Waals surface area contributed by atoms with Gasteiger partial charge in [-0.2, -0.15) is 5.26 Å². The van der Waals surface area contributed by atoms with Crippen LogP contribution in [0.25, 0.3) is 0 Å². The second-order valence-electron chi connectivity index (χ2n) is 4.88. The Morgan fingerprint density at radius 2 is 2.29 bits per heavy atom. The first-order valence-electron chi connectivity index (χ1n) is 6.15. The van der Waals surface area contributed by atoms with Crippen molar-refractivity contribution in [1.82, 2.24) is 0 Å². The fourth-order valence-electron chi connectivity index (χ4n) is 2.25. The van der Waals surface area contributed by atoms with E-state index in [0.717, 1.165) is 12.3 Å². The number of nitrogens with zero attached hydrogens (tertiary/aromatic N) is 1. The monoisotopic (exact) mass is 232 g/mol. The first-order valence-corrected chi connectivity index (χ1v) is 6.15. The molecule has 1 saturated carbocycles. The molecule has 3 heteroatoms. The Morgan fingerprint density at radius 1 is 1.53 bits per heavy atom. The molecule has 17 heavy (non-hydrogen) atoms. The van der Waals surface area contributed by atoms with Gasteiger partial charge in [0.15, 0.2) is 0 Å². The first kappa shape index (κ1) is 11.9. The van der Waals surface area contributed by atoms with Crippen molar-refractivity contribution < 1.29 is 4.39 Å². The van der Waals surface area contributed by atoms with Gasteiger partial charge < -0.3 is 5.32 Å². The molecule has 90 valence electrons. The van der Waals surface area contributed by atoms with Crippen molar-refractivity contribution in [3.05, 3.63) is 29.6 Å². The van der Waals surface area contributed by atoms with Crippen LogP contribution in [0.1, 0.15) is 38.2 Å². The molecule has 0 amide bonds. The Morgan fingerprint density at radius 3 is 2.82 bits per heavy atom. The summed E-state index contributed by atoms with van der Waals surface area (Å²) in [4.78, 5) is 0. The van der Waals surface area contributed by atoms with Crippen LogP contribution in [0.2, 0.25) is 0 Å². The van der Waals surface area contributed by atoms with Gasteiger partial charge in [0.1, 0.15) is 5.82 Å². The Labute approximate surface area is 101 Å². The van der Waals surface area contributed by atoms with Crippen LogP contribution in [0, 0.1) is 23.1 Å². The Bertz CT molecular complexity index is 432. The number of hydrogen-bond acceptors (Lipinski definition) is 2. The number of benzene rings is 1. The van der Waals surface area contributed by atoms with Gasteiger partial charge in [0, 0.05) is 6.04 Å². The summed E-state index contributed by atoms with van der Waals surface area (Å²) in [5.41, 5.74) is 0.857. The number of hydrogen-bond donors (Lipinski definition) is 1. The van der Waals surface area contributed by atoms with E-state index in [2.05, 4.69) is 12.2 Å². The van der Waals surface area contributed by atoms with Gasteiger partial charge >= 0.3 is 0 Å². The van der Waals surface area contributed by atoms with E-state index in [1.807, 2.05) is 6.07 Å². The summed E-state index contributed by atoms with van der Waals surface area (Å²) in [7, 11) is 0. The molecular weight excluding hydrogens is 215 g/mol. The molecule has 1 fully saturated rings. The molecule has 0 heterocycles. The molecule has 1 unspecified atom stereocenters. The molecule has 1 aliphatic carbocycles. The molecule has 0 bridgehead atoms. The van der Waals surface area contributed by atoms with E-state index in [1.165, 1.54) is 25.3 Å². The maximum absolute atomic E-state index is 13.6. The van der Waals surface area contributed by atoms with Crippen LogP contribution in [0.5, 0.6) is 0 Å². The summed E-state index contributed by atoms with van der Waals surface area (Å²) < 4.78 is 13.6. The highest BCUT2D eigenvalue weighted by Gasteiger charge is 2.20. The lowest BCUT2D eigenvalue weighted by Gasteiger charge is -2.29. The minimum Gasteiger partial charge on any atom is -0.380 e. The minimum absolute atomic E-state index is 0.280. The maximum Gasteiger partial charge on any atom is 0.147 e. The van der Waals surface area contributed by atoms with E-state index in [1.54, 1.807) is 12.1 Å². The highest BCUT2D eigenvalue weighted by Crippen LogP contribution is 2.31. The second kappa shape index (κ2) is 5.18. The summed E-state index contributed by atoms with van der Waals surface area (Å²) in [6, 6.07) is 6.77. The fraction of sp³-hybridized carbons (Fsp3) is 0.500. The molecule has 1 aliphatic rings. The van der Waals surface area contributed by atoms with E-state index in [-0.39, 0.29) is 11.9 Å². The number of halogens is 1. The molecule has 0 radical (unpaired) electrons. The topological polar surface area (TPSA) is 35.8 Å². The molecule has 0 spiro atoms. The van der Waals surface area contributed by atoms with Gasteiger partial charge in [0.05, 0.1) is 17.3 Å². The van der Waals surface area contributed by atoms with Crippen LogP contribution in [0.3, 0.4) is 0 Å². The van der Waals surface area contributed by atoms with Gasteiger partial charge in [-0.25, -0.2) is 4.39 Å². The number of rotatable bonds is 4. The number of anilines is 1. The summed E-state index contributed by atoms with van der Waals surface area (Å²) in [5, 5.41) is 11.8. The smallest absolute Gasteiger partial charge is 0.147 e. The standard InChI is InChI=1S/C14H17FN2/c1-10(7-11-3-2-4-11)17-14-6-5-12(9-16)8-13(14)15/h5-6,8,10-11,17H,2-4,7H2,1H3. The molecule has 0 aromatic heterocycles. The Balaban J connectivity index is 1.95. The lowest BCUT2D eigenvalue weighted by Crippen LogP contribution is -2.23. The van der Waals surface area contributed by atoms with Crippen molar-refractivity contribution >= 4 is 5.69 Å². The predicted octanol–water partition coefficient (Wildman–Crippen LogP) is 3.69. The van der Waals surface area contributed by atoms with E-state index < -0.39 is 0 Å². The molecule has 1 N–H and O–H groups in total. The SMILES string of the molecule is CC(CC1CCC1)Nc1ccc(C#N)cc1F. The first-order chi connectivity index (χ1) is 8.19. The quantitative estimate of drug-likeness (QED) is 0.859. The van der Waals surface area contributed by atoms with Crippen LogP contribution in [-0.2, 0) is 0 Å². The van der Waals surface area contributed by atoms with Crippen LogP contribution >= 0.6 is 0 Å². The summed E-state index contributed by atoms with van der Waals surface area (Å²) in [5.74, 6) is 0.462. The maximum atomic E-state index is 13.6. The van der Waals surface area contributed by atoms with Crippen molar-refractivity contribution in [3.63, 3.8) is 0 Å². The molecule has 0 saturated heterocycles. The highest BCUT2D eigenvalue weighted by atomic mass is 19.1. The predicted molar refractivity (Wildman–Crippen MR) is 66.2 cm³/mol. The van der Waals surface area contributed by atoms with E-state index in [9.17, 15) is 4.39 Å². The van der Waals surface area contributed by atoms with Gasteiger partial charge in [-0.05, 0) is 37.5 Å². The molecule has 1 aromatic rings. The average Bonchev–Trinajstić information content (AvgIpc) is 2.26. The molecular formula is C14H17FN2.